The van der Waals surface area contributed by atoms with Crippen LogP contribution in [0.5, 0.6) is 0 Å². The van der Waals surface area contributed by atoms with Gasteiger partial charge >= 0.3 is 6.09 Å². The Kier molecular flexibility index (Phi) is 5.99. The molecule has 5 rings (SSSR count). The minimum absolute atomic E-state index is 0.134. The fraction of sp³-hybridized carbons (Fsp3) is 0.214. The zero-order valence-corrected chi connectivity index (χ0v) is 19.4. The molecule has 0 saturated carbocycles. The van der Waals surface area contributed by atoms with Crippen molar-refractivity contribution in [1.82, 2.24) is 14.4 Å². The van der Waals surface area contributed by atoms with Crippen molar-refractivity contribution in [3.05, 3.63) is 101 Å². The molecule has 0 bridgehead atoms. The van der Waals surface area contributed by atoms with Gasteiger partial charge in [-0.15, -0.1) is 0 Å². The first-order valence-electron chi connectivity index (χ1n) is 11.6. The van der Waals surface area contributed by atoms with Crippen LogP contribution in [-0.2, 0) is 6.42 Å². The summed E-state index contributed by atoms with van der Waals surface area (Å²) in [5.74, 6) is -0.410. The van der Waals surface area contributed by atoms with E-state index in [1.165, 1.54) is 11.0 Å². The highest BCUT2D eigenvalue weighted by molar-refractivity contribution is 6.09. The first kappa shape index (κ1) is 22.7. The number of hydrogen-bond donors (Lipinski definition) is 1. The summed E-state index contributed by atoms with van der Waals surface area (Å²) >= 11 is 0. The van der Waals surface area contributed by atoms with Crippen molar-refractivity contribution in [1.29, 1.82) is 0 Å². The lowest BCUT2D eigenvalue weighted by molar-refractivity contribution is 0.0625. The van der Waals surface area contributed by atoms with E-state index in [1.807, 2.05) is 60.7 Å². The summed E-state index contributed by atoms with van der Waals surface area (Å²) in [6.07, 6.45) is -0.594. The number of halogens is 1. The molecule has 4 aromatic rings. The lowest BCUT2D eigenvalue weighted by Crippen LogP contribution is -2.50. The van der Waals surface area contributed by atoms with E-state index in [-0.39, 0.29) is 24.8 Å². The van der Waals surface area contributed by atoms with Gasteiger partial charge in [-0.1, -0.05) is 48.5 Å². The number of para-hydroxylation sites is 2. The topological polar surface area (TPSA) is 65.8 Å². The molecule has 0 aliphatic carbocycles. The number of carbonyl (C=O) groups is 2. The standard InChI is InChI=1S/C28H26FN3O3/c1-19-20(8-7-12-23(19)29)18-25-26(27(33)30-14-16-31(17-15-30)28(34)35)22-11-5-6-13-24(22)32(25)21-9-3-2-4-10-21/h2-13H,14-18H2,1H3,(H,34,35). The maximum atomic E-state index is 14.4. The molecule has 6 nitrogen and oxygen atoms in total. The summed E-state index contributed by atoms with van der Waals surface area (Å²) in [6.45, 7) is 2.96. The van der Waals surface area contributed by atoms with E-state index < -0.39 is 6.09 Å². The van der Waals surface area contributed by atoms with Gasteiger partial charge < -0.3 is 19.5 Å². The quantitative estimate of drug-likeness (QED) is 0.450. The van der Waals surface area contributed by atoms with Gasteiger partial charge in [-0.05, 0) is 42.3 Å². The van der Waals surface area contributed by atoms with Crippen molar-refractivity contribution in [2.75, 3.05) is 26.2 Å². The normalized spacial score (nSPS) is 13.9. The summed E-state index contributed by atoms with van der Waals surface area (Å²) in [4.78, 5) is 28.4. The fourth-order valence-electron chi connectivity index (χ4n) is 4.85. The number of nitrogens with zero attached hydrogens (tertiary/aromatic N) is 3. The van der Waals surface area contributed by atoms with Crippen LogP contribution in [0.3, 0.4) is 0 Å². The van der Waals surface area contributed by atoms with Crippen LogP contribution in [-0.4, -0.2) is 57.7 Å². The van der Waals surface area contributed by atoms with Gasteiger partial charge in [0.15, 0.2) is 0 Å². The van der Waals surface area contributed by atoms with E-state index in [9.17, 15) is 19.1 Å². The lowest BCUT2D eigenvalue weighted by atomic mass is 9.99. The molecule has 1 aliphatic rings. The molecular weight excluding hydrogens is 445 g/mol. The van der Waals surface area contributed by atoms with Gasteiger partial charge in [-0.3, -0.25) is 4.79 Å². The molecule has 7 heteroatoms. The molecular formula is C28H26FN3O3. The monoisotopic (exact) mass is 471 g/mol. The summed E-state index contributed by atoms with van der Waals surface area (Å²) in [5, 5.41) is 10.1. The molecule has 178 valence electrons. The third-order valence-corrected chi connectivity index (χ3v) is 6.78. The Bertz CT molecular complexity index is 1410. The highest BCUT2D eigenvalue weighted by Gasteiger charge is 2.30. The largest absolute Gasteiger partial charge is 0.465 e. The predicted molar refractivity (Wildman–Crippen MR) is 133 cm³/mol. The maximum Gasteiger partial charge on any atom is 0.407 e. The highest BCUT2D eigenvalue weighted by atomic mass is 19.1. The minimum atomic E-state index is -0.972. The van der Waals surface area contributed by atoms with E-state index in [0.717, 1.165) is 27.8 Å². The van der Waals surface area contributed by atoms with Crippen LogP contribution in [0.4, 0.5) is 9.18 Å². The molecule has 0 unspecified atom stereocenters. The zero-order chi connectivity index (χ0) is 24.5. The number of amides is 2. The van der Waals surface area contributed by atoms with E-state index >= 15 is 0 Å². The Labute approximate surface area is 202 Å². The molecule has 0 atom stereocenters. The smallest absolute Gasteiger partial charge is 0.407 e. The van der Waals surface area contributed by atoms with Crippen molar-refractivity contribution >= 4 is 22.9 Å². The van der Waals surface area contributed by atoms with Crippen molar-refractivity contribution in [2.24, 2.45) is 0 Å². The zero-order valence-electron chi connectivity index (χ0n) is 19.4. The van der Waals surface area contributed by atoms with Gasteiger partial charge in [0.1, 0.15) is 5.82 Å². The van der Waals surface area contributed by atoms with Crippen molar-refractivity contribution in [3.63, 3.8) is 0 Å². The number of fused-ring (bicyclic) bond motifs is 1. The summed E-state index contributed by atoms with van der Waals surface area (Å²) in [6, 6.07) is 22.7. The van der Waals surface area contributed by atoms with Crippen LogP contribution < -0.4 is 0 Å². The second-order valence-electron chi connectivity index (χ2n) is 8.77. The van der Waals surface area contributed by atoms with Crippen molar-refractivity contribution in [2.45, 2.75) is 13.3 Å². The number of aromatic nitrogens is 1. The minimum Gasteiger partial charge on any atom is -0.465 e. The molecule has 2 heterocycles. The summed E-state index contributed by atoms with van der Waals surface area (Å²) in [5.41, 5.74) is 4.56. The SMILES string of the molecule is Cc1c(F)cccc1Cc1c(C(=O)N2CCN(C(=O)O)CC2)c2ccccc2n1-c1ccccc1. The Morgan fingerprint density at radius 3 is 2.23 bits per heavy atom. The van der Waals surface area contributed by atoms with E-state index in [1.54, 1.807) is 17.9 Å². The molecule has 1 saturated heterocycles. The second kappa shape index (κ2) is 9.25. The van der Waals surface area contributed by atoms with Gasteiger partial charge in [0.05, 0.1) is 11.1 Å². The average molecular weight is 472 g/mol. The first-order chi connectivity index (χ1) is 17.0. The van der Waals surface area contributed by atoms with Gasteiger partial charge in [0.25, 0.3) is 5.91 Å². The summed E-state index contributed by atoms with van der Waals surface area (Å²) in [7, 11) is 0. The average Bonchev–Trinajstić information content (AvgIpc) is 3.20. The van der Waals surface area contributed by atoms with Crippen LogP contribution in [0.2, 0.25) is 0 Å². The third kappa shape index (κ3) is 4.14. The highest BCUT2D eigenvalue weighted by Crippen LogP contribution is 2.33. The molecule has 1 N–H and O–H groups in total. The van der Waals surface area contributed by atoms with Gasteiger partial charge in [0, 0.05) is 49.4 Å². The molecule has 3 aromatic carbocycles. The Morgan fingerprint density at radius 2 is 1.51 bits per heavy atom. The molecule has 2 amide bonds. The van der Waals surface area contributed by atoms with Gasteiger partial charge in [0.2, 0.25) is 0 Å². The van der Waals surface area contributed by atoms with Gasteiger partial charge in [-0.25, -0.2) is 9.18 Å². The molecule has 1 aromatic heterocycles. The van der Waals surface area contributed by atoms with Crippen LogP contribution in [0.1, 0.15) is 27.2 Å². The lowest BCUT2D eigenvalue weighted by Gasteiger charge is -2.33. The number of rotatable bonds is 4. The fourth-order valence-corrected chi connectivity index (χ4v) is 4.85. The number of piperazine rings is 1. The van der Waals surface area contributed by atoms with Crippen LogP contribution in [0.15, 0.2) is 72.8 Å². The second-order valence-corrected chi connectivity index (χ2v) is 8.77. The Morgan fingerprint density at radius 1 is 0.857 bits per heavy atom. The van der Waals surface area contributed by atoms with Crippen LogP contribution in [0, 0.1) is 12.7 Å². The molecule has 0 spiro atoms. The molecule has 35 heavy (non-hydrogen) atoms. The number of carbonyl (C=O) groups excluding carboxylic acids is 1. The van der Waals surface area contributed by atoms with E-state index in [4.69, 9.17) is 0 Å². The third-order valence-electron chi connectivity index (χ3n) is 6.78. The van der Waals surface area contributed by atoms with E-state index in [0.29, 0.717) is 30.6 Å². The Balaban J connectivity index is 1.68. The molecule has 0 radical (unpaired) electrons. The number of hydrogen-bond acceptors (Lipinski definition) is 2. The number of carboxylic acid groups (broad SMARTS) is 1. The van der Waals surface area contributed by atoms with Gasteiger partial charge in [-0.2, -0.15) is 0 Å². The van der Waals surface area contributed by atoms with E-state index in [2.05, 4.69) is 4.57 Å². The Hall–Kier alpha value is -4.13. The number of benzene rings is 3. The molecule has 1 fully saturated rings. The molecule has 1 aliphatic heterocycles. The van der Waals surface area contributed by atoms with Crippen molar-refractivity contribution in [3.8, 4) is 5.69 Å². The maximum absolute atomic E-state index is 14.4. The van der Waals surface area contributed by atoms with Crippen LogP contribution in [0.25, 0.3) is 16.6 Å². The van der Waals surface area contributed by atoms with Crippen LogP contribution >= 0.6 is 0 Å². The summed E-state index contributed by atoms with van der Waals surface area (Å²) < 4.78 is 16.5. The van der Waals surface area contributed by atoms with Crippen molar-refractivity contribution < 1.29 is 19.1 Å². The predicted octanol–water partition coefficient (Wildman–Crippen LogP) is 5.10. The first-order valence-corrected chi connectivity index (χ1v) is 11.6.